The molecule has 2 rings (SSSR count). The largest absolute Gasteiger partial charge is 0.368 e. The van der Waals surface area contributed by atoms with E-state index >= 15 is 0 Å². The summed E-state index contributed by atoms with van der Waals surface area (Å²) in [5.41, 5.74) is 7.92. The van der Waals surface area contributed by atoms with E-state index in [1.54, 1.807) is 6.08 Å². The van der Waals surface area contributed by atoms with Crippen molar-refractivity contribution in [2.75, 3.05) is 17.6 Å². The first kappa shape index (κ1) is 19.7. The molecule has 0 saturated carbocycles. The fourth-order valence-corrected chi connectivity index (χ4v) is 2.98. The molecule has 7 nitrogen and oxygen atoms in total. The molecule has 0 radical (unpaired) electrons. The molecule has 0 aliphatic heterocycles. The van der Waals surface area contributed by atoms with Crippen molar-refractivity contribution in [3.63, 3.8) is 0 Å². The van der Waals surface area contributed by atoms with E-state index in [9.17, 15) is 4.79 Å². The number of aromatic nitrogens is 3. The highest BCUT2D eigenvalue weighted by atomic mass is 32.2. The third-order valence-corrected chi connectivity index (χ3v) is 4.73. The summed E-state index contributed by atoms with van der Waals surface area (Å²) in [6, 6.07) is 7.96. The van der Waals surface area contributed by atoms with Gasteiger partial charge in [0.2, 0.25) is 17.8 Å². The highest BCUT2D eigenvalue weighted by molar-refractivity contribution is 7.99. The molecule has 0 fully saturated rings. The predicted molar refractivity (Wildman–Crippen MR) is 107 cm³/mol. The average molecular weight is 372 g/mol. The zero-order valence-electron chi connectivity index (χ0n) is 15.0. The lowest BCUT2D eigenvalue weighted by atomic mass is 10.1. The number of nitrogens with zero attached hydrogens (tertiary/aromatic N) is 3. The van der Waals surface area contributed by atoms with E-state index in [4.69, 9.17) is 5.73 Å². The molecule has 1 unspecified atom stereocenters. The number of nitrogens with one attached hydrogen (secondary N) is 2. The fraction of sp³-hybridized carbons (Fsp3) is 0.333. The average Bonchev–Trinajstić information content (AvgIpc) is 2.64. The Balaban J connectivity index is 2.05. The summed E-state index contributed by atoms with van der Waals surface area (Å²) in [7, 11) is 0. The van der Waals surface area contributed by atoms with Crippen LogP contribution in [0.5, 0.6) is 0 Å². The van der Waals surface area contributed by atoms with Crippen molar-refractivity contribution in [1.29, 1.82) is 0 Å². The van der Waals surface area contributed by atoms with Crippen molar-refractivity contribution >= 4 is 35.3 Å². The molecule has 1 aromatic carbocycles. The second-order valence-corrected chi connectivity index (χ2v) is 6.89. The van der Waals surface area contributed by atoms with Gasteiger partial charge in [-0.25, -0.2) is 0 Å². The number of para-hydroxylation sites is 1. The van der Waals surface area contributed by atoms with Gasteiger partial charge < -0.3 is 16.4 Å². The number of rotatable bonds is 9. The topological polar surface area (TPSA) is 106 Å². The lowest BCUT2D eigenvalue weighted by Crippen LogP contribution is -2.31. The number of amides is 1. The van der Waals surface area contributed by atoms with Gasteiger partial charge in [0.15, 0.2) is 0 Å². The highest BCUT2D eigenvalue weighted by Crippen LogP contribution is 2.21. The molecule has 138 valence electrons. The number of carbonyl (C=O) groups excluding carboxylic acids is 1. The summed E-state index contributed by atoms with van der Waals surface area (Å²) in [6.45, 7) is 7.96. The fourth-order valence-electron chi connectivity index (χ4n) is 2.22. The number of hydrogen-bond donors (Lipinski definition) is 3. The second-order valence-electron chi connectivity index (χ2n) is 5.56. The van der Waals surface area contributed by atoms with Crippen LogP contribution in [0.15, 0.2) is 36.9 Å². The van der Waals surface area contributed by atoms with Gasteiger partial charge in [-0.15, -0.1) is 18.3 Å². The van der Waals surface area contributed by atoms with E-state index in [-0.39, 0.29) is 17.1 Å². The molecule has 0 aliphatic carbocycles. The van der Waals surface area contributed by atoms with Crippen molar-refractivity contribution < 1.29 is 4.79 Å². The number of nitrogen functional groups attached to an aromatic ring is 1. The van der Waals surface area contributed by atoms with E-state index in [0.29, 0.717) is 24.1 Å². The van der Waals surface area contributed by atoms with Gasteiger partial charge in [-0.3, -0.25) is 4.79 Å². The summed E-state index contributed by atoms with van der Waals surface area (Å²) in [6.07, 6.45) is 2.54. The van der Waals surface area contributed by atoms with Crippen molar-refractivity contribution in [2.24, 2.45) is 0 Å². The van der Waals surface area contributed by atoms with Gasteiger partial charge in [0, 0.05) is 12.2 Å². The van der Waals surface area contributed by atoms with Crippen LogP contribution < -0.4 is 16.4 Å². The molecule has 0 spiro atoms. The van der Waals surface area contributed by atoms with Crippen LogP contribution in [0.4, 0.5) is 17.6 Å². The minimum atomic E-state index is -0.231. The first-order valence-corrected chi connectivity index (χ1v) is 9.44. The Labute approximate surface area is 157 Å². The lowest BCUT2D eigenvalue weighted by molar-refractivity contribution is -0.120. The van der Waals surface area contributed by atoms with Gasteiger partial charge in [0.1, 0.15) is 5.82 Å². The van der Waals surface area contributed by atoms with Crippen LogP contribution in [0.1, 0.15) is 25.2 Å². The van der Waals surface area contributed by atoms with E-state index in [2.05, 4.69) is 39.1 Å². The van der Waals surface area contributed by atoms with Gasteiger partial charge in [-0.2, -0.15) is 15.0 Å². The van der Waals surface area contributed by atoms with Crippen molar-refractivity contribution in [3.05, 3.63) is 48.3 Å². The highest BCUT2D eigenvalue weighted by Gasteiger charge is 2.14. The Morgan fingerprint density at radius 2 is 2.12 bits per heavy atom. The van der Waals surface area contributed by atoms with Crippen LogP contribution >= 0.6 is 11.8 Å². The SMILES string of the molecule is C=CCNC(=O)C(C)SCc1nc(N)nc(Nc2ccccc2CC)n1. The summed E-state index contributed by atoms with van der Waals surface area (Å²) in [5.74, 6) is 1.49. The van der Waals surface area contributed by atoms with Crippen LogP contribution in [0.25, 0.3) is 0 Å². The maximum atomic E-state index is 11.9. The lowest BCUT2D eigenvalue weighted by Gasteiger charge is -2.12. The predicted octanol–water partition coefficient (Wildman–Crippen LogP) is 2.68. The van der Waals surface area contributed by atoms with Crippen molar-refractivity contribution in [3.8, 4) is 0 Å². The number of aryl methyl sites for hydroxylation is 1. The molecular formula is C18H24N6OS. The summed E-state index contributed by atoms with van der Waals surface area (Å²) in [5, 5.41) is 5.74. The van der Waals surface area contributed by atoms with Crippen molar-refractivity contribution in [1.82, 2.24) is 20.3 Å². The van der Waals surface area contributed by atoms with Gasteiger partial charge >= 0.3 is 0 Å². The van der Waals surface area contributed by atoms with E-state index in [1.165, 1.54) is 11.8 Å². The van der Waals surface area contributed by atoms with E-state index in [0.717, 1.165) is 17.7 Å². The minimum absolute atomic E-state index is 0.0489. The normalized spacial score (nSPS) is 11.6. The zero-order chi connectivity index (χ0) is 18.9. The monoisotopic (exact) mass is 372 g/mol. The molecular weight excluding hydrogens is 348 g/mol. The van der Waals surface area contributed by atoms with Crippen LogP contribution in [-0.4, -0.2) is 32.7 Å². The number of anilines is 3. The van der Waals surface area contributed by atoms with Crippen LogP contribution in [-0.2, 0) is 17.0 Å². The maximum Gasteiger partial charge on any atom is 0.233 e. The third-order valence-electron chi connectivity index (χ3n) is 3.60. The molecule has 0 bridgehead atoms. The molecule has 8 heteroatoms. The van der Waals surface area contributed by atoms with Gasteiger partial charge in [0.05, 0.1) is 11.0 Å². The van der Waals surface area contributed by atoms with Crippen molar-refractivity contribution in [2.45, 2.75) is 31.3 Å². The maximum absolute atomic E-state index is 11.9. The molecule has 1 heterocycles. The molecule has 0 aliphatic rings. The second kappa shape index (κ2) is 9.76. The van der Waals surface area contributed by atoms with E-state index in [1.807, 2.05) is 31.2 Å². The first-order valence-electron chi connectivity index (χ1n) is 8.39. The van der Waals surface area contributed by atoms with Gasteiger partial charge in [0.25, 0.3) is 0 Å². The van der Waals surface area contributed by atoms with Crippen LogP contribution in [0.3, 0.4) is 0 Å². The van der Waals surface area contributed by atoms with Gasteiger partial charge in [-0.1, -0.05) is 31.2 Å². The summed E-state index contributed by atoms with van der Waals surface area (Å²) >= 11 is 1.44. The molecule has 26 heavy (non-hydrogen) atoms. The molecule has 4 N–H and O–H groups in total. The first-order chi connectivity index (χ1) is 12.5. The molecule has 0 saturated heterocycles. The summed E-state index contributed by atoms with van der Waals surface area (Å²) < 4.78 is 0. The van der Waals surface area contributed by atoms with Crippen LogP contribution in [0.2, 0.25) is 0 Å². The Hall–Kier alpha value is -2.61. The Morgan fingerprint density at radius 3 is 2.85 bits per heavy atom. The number of carbonyl (C=O) groups is 1. The molecule has 2 aromatic rings. The smallest absolute Gasteiger partial charge is 0.233 e. The number of thioether (sulfide) groups is 1. The van der Waals surface area contributed by atoms with Gasteiger partial charge in [-0.05, 0) is 25.0 Å². The number of benzene rings is 1. The third kappa shape index (κ3) is 5.73. The molecule has 1 aromatic heterocycles. The Morgan fingerprint density at radius 1 is 1.35 bits per heavy atom. The Bertz CT molecular complexity index is 767. The summed E-state index contributed by atoms with van der Waals surface area (Å²) in [4.78, 5) is 24.6. The van der Waals surface area contributed by atoms with E-state index < -0.39 is 0 Å². The quantitative estimate of drug-likeness (QED) is 0.581. The van der Waals surface area contributed by atoms with Crippen LogP contribution in [0, 0.1) is 0 Å². The number of nitrogens with two attached hydrogens (primary N) is 1. The number of hydrogen-bond acceptors (Lipinski definition) is 7. The zero-order valence-corrected chi connectivity index (χ0v) is 15.8. The molecule has 1 amide bonds. The minimum Gasteiger partial charge on any atom is -0.368 e. The Kier molecular flexibility index (Phi) is 7.40. The standard InChI is InChI=1S/C18H24N6OS/c1-4-10-20-16(25)12(3)26-11-15-22-17(19)24-18(23-15)21-14-9-7-6-8-13(14)5-2/h4,6-9,12H,1,5,10-11H2,2-3H3,(H,20,25)(H3,19,21,22,23,24). The molecule has 1 atom stereocenters.